The van der Waals surface area contributed by atoms with Crippen LogP contribution in [0.1, 0.15) is 23.1 Å². The molecule has 92 valence electrons. The summed E-state index contributed by atoms with van der Waals surface area (Å²) in [4.78, 5) is 0. The molecular weight excluding hydrogens is 224 g/mol. The van der Waals surface area contributed by atoms with Crippen molar-refractivity contribution in [1.29, 1.82) is 0 Å². The Labute approximate surface area is 107 Å². The predicted octanol–water partition coefficient (Wildman–Crippen LogP) is 1.97. The molecule has 0 spiro atoms. The zero-order valence-corrected chi connectivity index (χ0v) is 10.4. The van der Waals surface area contributed by atoms with E-state index in [2.05, 4.69) is 23.0 Å². The summed E-state index contributed by atoms with van der Waals surface area (Å²) in [5.41, 5.74) is 3.30. The van der Waals surface area contributed by atoms with E-state index in [1.807, 2.05) is 42.2 Å². The largest absolute Gasteiger partial charge is 0.395 e. The Kier molecular flexibility index (Phi) is 4.16. The lowest BCUT2D eigenvalue weighted by molar-refractivity contribution is 0.305. The minimum Gasteiger partial charge on any atom is -0.395 e. The lowest BCUT2D eigenvalue weighted by Gasteiger charge is -2.04. The Bertz CT molecular complexity index is 575. The summed E-state index contributed by atoms with van der Waals surface area (Å²) in [7, 11) is 0. The lowest BCUT2D eigenvalue weighted by atomic mass is 10.1. The highest BCUT2D eigenvalue weighted by molar-refractivity contribution is 5.41. The van der Waals surface area contributed by atoms with E-state index in [0.717, 1.165) is 23.2 Å². The summed E-state index contributed by atoms with van der Waals surface area (Å²) in [6, 6.07) is 8.03. The molecule has 1 N–H and O–H groups in total. The fourth-order valence-corrected chi connectivity index (χ4v) is 1.72. The van der Waals surface area contributed by atoms with Crippen LogP contribution >= 0.6 is 0 Å². The van der Waals surface area contributed by atoms with Gasteiger partial charge in [-0.25, -0.2) is 0 Å². The van der Waals surface area contributed by atoms with Crippen LogP contribution in [0.5, 0.6) is 0 Å². The Hall–Kier alpha value is -2.05. The number of hydrogen-bond donors (Lipinski definition) is 1. The van der Waals surface area contributed by atoms with E-state index in [-0.39, 0.29) is 6.61 Å². The van der Waals surface area contributed by atoms with Gasteiger partial charge in [0.2, 0.25) is 0 Å². The fraction of sp³-hybridized carbons (Fsp3) is 0.267. The average molecular weight is 240 g/mol. The molecule has 2 rings (SSSR count). The Morgan fingerprint density at radius 3 is 2.89 bits per heavy atom. The monoisotopic (exact) mass is 240 g/mol. The molecule has 0 fully saturated rings. The molecule has 0 unspecified atom stereocenters. The van der Waals surface area contributed by atoms with E-state index in [0.29, 0.717) is 6.42 Å². The van der Waals surface area contributed by atoms with Crippen molar-refractivity contribution in [3.63, 3.8) is 0 Å². The molecule has 3 heteroatoms. The van der Waals surface area contributed by atoms with Gasteiger partial charge >= 0.3 is 0 Å². The van der Waals surface area contributed by atoms with Crippen LogP contribution in [-0.2, 0) is 6.54 Å². The van der Waals surface area contributed by atoms with Gasteiger partial charge in [0.1, 0.15) is 0 Å². The first-order chi connectivity index (χ1) is 8.79. The van der Waals surface area contributed by atoms with Crippen LogP contribution in [-0.4, -0.2) is 21.5 Å². The first-order valence-electron chi connectivity index (χ1n) is 5.96. The summed E-state index contributed by atoms with van der Waals surface area (Å²) >= 11 is 0. The van der Waals surface area contributed by atoms with Crippen LogP contribution in [0.25, 0.3) is 0 Å². The Morgan fingerprint density at radius 2 is 2.17 bits per heavy atom. The van der Waals surface area contributed by atoms with E-state index in [4.69, 9.17) is 5.11 Å². The highest BCUT2D eigenvalue weighted by atomic mass is 16.2. The van der Waals surface area contributed by atoms with Crippen molar-refractivity contribution >= 4 is 0 Å². The molecule has 1 aromatic carbocycles. The van der Waals surface area contributed by atoms with Gasteiger partial charge in [-0.2, -0.15) is 5.10 Å². The molecule has 0 aliphatic heterocycles. The smallest absolute Gasteiger partial charge is 0.0671 e. The molecule has 0 amide bonds. The molecule has 0 aliphatic rings. The first kappa shape index (κ1) is 12.4. The number of aryl methyl sites for hydroxylation is 1. The van der Waals surface area contributed by atoms with Crippen molar-refractivity contribution < 1.29 is 5.11 Å². The van der Waals surface area contributed by atoms with Crippen molar-refractivity contribution in [1.82, 2.24) is 9.78 Å². The van der Waals surface area contributed by atoms with Gasteiger partial charge < -0.3 is 5.11 Å². The second-order valence-corrected chi connectivity index (χ2v) is 4.15. The topological polar surface area (TPSA) is 38.0 Å². The third kappa shape index (κ3) is 3.22. The molecule has 0 atom stereocenters. The highest BCUT2D eigenvalue weighted by Gasteiger charge is 2.01. The standard InChI is InChI=1S/C15H16N2O/c1-13-10-16-17(11-13)12-15-8-3-2-6-14(15)7-4-5-9-18/h2-3,6,8,10-11,18H,5,9,12H2,1H3. The van der Waals surface area contributed by atoms with Gasteiger partial charge in [-0.3, -0.25) is 4.68 Å². The van der Waals surface area contributed by atoms with Crippen molar-refractivity contribution in [2.75, 3.05) is 6.61 Å². The van der Waals surface area contributed by atoms with Crippen LogP contribution in [0, 0.1) is 18.8 Å². The zero-order chi connectivity index (χ0) is 12.8. The Balaban J connectivity index is 2.20. The van der Waals surface area contributed by atoms with Gasteiger partial charge in [0.05, 0.1) is 19.3 Å². The third-order valence-electron chi connectivity index (χ3n) is 2.57. The van der Waals surface area contributed by atoms with E-state index in [9.17, 15) is 0 Å². The highest BCUT2D eigenvalue weighted by Crippen LogP contribution is 2.09. The number of aliphatic hydroxyl groups is 1. The van der Waals surface area contributed by atoms with Crippen LogP contribution in [0.15, 0.2) is 36.7 Å². The SMILES string of the molecule is Cc1cnn(Cc2ccccc2C#CCCO)c1. The van der Waals surface area contributed by atoms with E-state index in [1.165, 1.54) is 0 Å². The zero-order valence-electron chi connectivity index (χ0n) is 10.4. The minimum absolute atomic E-state index is 0.105. The molecule has 3 nitrogen and oxygen atoms in total. The molecule has 0 saturated heterocycles. The average Bonchev–Trinajstić information content (AvgIpc) is 2.77. The van der Waals surface area contributed by atoms with Crippen molar-refractivity contribution in [2.24, 2.45) is 0 Å². The second kappa shape index (κ2) is 6.04. The molecule has 0 radical (unpaired) electrons. The molecular formula is C15H16N2O. The van der Waals surface area contributed by atoms with Crippen LogP contribution in [0.4, 0.5) is 0 Å². The molecule has 1 heterocycles. The van der Waals surface area contributed by atoms with Crippen LogP contribution in [0.3, 0.4) is 0 Å². The first-order valence-corrected chi connectivity index (χ1v) is 5.96. The molecule has 2 aromatic rings. The maximum Gasteiger partial charge on any atom is 0.0671 e. The van der Waals surface area contributed by atoms with Gasteiger partial charge in [0.15, 0.2) is 0 Å². The number of benzene rings is 1. The van der Waals surface area contributed by atoms with Gasteiger partial charge in [0, 0.05) is 18.2 Å². The van der Waals surface area contributed by atoms with Gasteiger partial charge in [-0.1, -0.05) is 30.0 Å². The summed E-state index contributed by atoms with van der Waals surface area (Å²) in [5.74, 6) is 6.04. The van der Waals surface area contributed by atoms with Crippen molar-refractivity contribution in [3.8, 4) is 11.8 Å². The molecule has 18 heavy (non-hydrogen) atoms. The van der Waals surface area contributed by atoms with Gasteiger partial charge in [-0.05, 0) is 24.1 Å². The van der Waals surface area contributed by atoms with Gasteiger partial charge in [0.25, 0.3) is 0 Å². The summed E-state index contributed by atoms with van der Waals surface area (Å²) in [6.07, 6.45) is 4.37. The number of hydrogen-bond acceptors (Lipinski definition) is 2. The number of aromatic nitrogens is 2. The Morgan fingerprint density at radius 1 is 1.33 bits per heavy atom. The maximum atomic E-state index is 8.73. The molecule has 1 aromatic heterocycles. The van der Waals surface area contributed by atoms with E-state index < -0.39 is 0 Å². The summed E-state index contributed by atoms with van der Waals surface area (Å²) < 4.78 is 1.90. The molecule has 0 saturated carbocycles. The van der Waals surface area contributed by atoms with Gasteiger partial charge in [-0.15, -0.1) is 0 Å². The normalized spacial score (nSPS) is 9.89. The summed E-state index contributed by atoms with van der Waals surface area (Å²) in [5, 5.41) is 13.0. The van der Waals surface area contributed by atoms with Crippen molar-refractivity contribution in [2.45, 2.75) is 19.9 Å². The van der Waals surface area contributed by atoms with Crippen molar-refractivity contribution in [3.05, 3.63) is 53.3 Å². The fourth-order valence-electron chi connectivity index (χ4n) is 1.72. The third-order valence-corrected chi connectivity index (χ3v) is 2.57. The number of nitrogens with zero attached hydrogens (tertiary/aromatic N) is 2. The number of aliphatic hydroxyl groups excluding tert-OH is 1. The summed E-state index contributed by atoms with van der Waals surface area (Å²) in [6.45, 7) is 2.85. The molecule has 0 aliphatic carbocycles. The molecule has 0 bridgehead atoms. The second-order valence-electron chi connectivity index (χ2n) is 4.15. The van der Waals surface area contributed by atoms with E-state index >= 15 is 0 Å². The maximum absolute atomic E-state index is 8.73. The number of rotatable bonds is 3. The van der Waals surface area contributed by atoms with Crippen LogP contribution < -0.4 is 0 Å². The van der Waals surface area contributed by atoms with E-state index in [1.54, 1.807) is 0 Å². The predicted molar refractivity (Wildman–Crippen MR) is 71.1 cm³/mol. The minimum atomic E-state index is 0.105. The van der Waals surface area contributed by atoms with Crippen LogP contribution in [0.2, 0.25) is 0 Å². The quantitative estimate of drug-likeness (QED) is 0.833. The lowest BCUT2D eigenvalue weighted by Crippen LogP contribution is -2.01.